The van der Waals surface area contributed by atoms with Crippen LogP contribution in [0.4, 0.5) is 5.69 Å². The molecule has 0 aliphatic heterocycles. The number of benzene rings is 1. The number of unbranched alkanes of at least 4 members (excludes halogenated alkanes) is 1. The predicted octanol–water partition coefficient (Wildman–Crippen LogP) is 5.25. The van der Waals surface area contributed by atoms with E-state index < -0.39 is 10.0 Å². The molecule has 0 radical (unpaired) electrons. The van der Waals surface area contributed by atoms with Crippen LogP contribution >= 0.6 is 0 Å². The highest BCUT2D eigenvalue weighted by molar-refractivity contribution is 7.92. The molecular formula is C27H42N2O3S. The quantitative estimate of drug-likeness (QED) is 0.476. The van der Waals surface area contributed by atoms with Gasteiger partial charge in [-0.15, -0.1) is 0 Å². The molecule has 1 N–H and O–H groups in total. The Morgan fingerprint density at radius 3 is 2.12 bits per heavy atom. The zero-order chi connectivity index (χ0) is 23.6. The Morgan fingerprint density at radius 1 is 1.06 bits per heavy atom. The van der Waals surface area contributed by atoms with Crippen molar-refractivity contribution in [1.29, 1.82) is 0 Å². The molecule has 0 aromatic heterocycles. The van der Waals surface area contributed by atoms with Gasteiger partial charge in [0.1, 0.15) is 6.54 Å². The minimum atomic E-state index is -3.56. The minimum Gasteiger partial charge on any atom is -0.354 e. The van der Waals surface area contributed by atoms with Crippen molar-refractivity contribution >= 4 is 21.6 Å². The van der Waals surface area contributed by atoms with Gasteiger partial charge in [0, 0.05) is 6.54 Å². The molecule has 184 valence electrons. The van der Waals surface area contributed by atoms with Crippen molar-refractivity contribution in [3.8, 4) is 0 Å². The number of amides is 1. The first-order chi connectivity index (χ1) is 15.7. The molecule has 4 bridgehead atoms. The maximum atomic E-state index is 12.6. The second-order valence-electron chi connectivity index (χ2n) is 11.2. The van der Waals surface area contributed by atoms with E-state index in [-0.39, 0.29) is 17.9 Å². The standard InChI is InChI=1S/C27H42N2O3S/c1-4-6-7-20(5-2)18-28-26(30)19-29(33(3,31)32)25-10-8-24(9-11-25)27-15-21-12-22(16-27)14-23(13-21)17-27/h8-11,20-23H,4-7,12-19H2,1-3H3,(H,28,30)/t20-,21?,22?,23?,27?/m0/s1. The molecule has 1 amide bonds. The summed E-state index contributed by atoms with van der Waals surface area (Å²) in [5.41, 5.74) is 2.23. The molecule has 4 aliphatic rings. The molecule has 0 heterocycles. The molecule has 33 heavy (non-hydrogen) atoms. The van der Waals surface area contributed by atoms with Gasteiger partial charge in [0.25, 0.3) is 0 Å². The summed E-state index contributed by atoms with van der Waals surface area (Å²) in [6.45, 7) is 4.75. The van der Waals surface area contributed by atoms with E-state index in [9.17, 15) is 13.2 Å². The number of hydrogen-bond donors (Lipinski definition) is 1. The Bertz CT molecular complexity index is 890. The van der Waals surface area contributed by atoms with Crippen LogP contribution in [0.5, 0.6) is 0 Å². The fraction of sp³-hybridized carbons (Fsp3) is 0.741. The highest BCUT2D eigenvalue weighted by Crippen LogP contribution is 2.60. The molecule has 1 atom stereocenters. The van der Waals surface area contributed by atoms with Gasteiger partial charge in [0.15, 0.2) is 0 Å². The average Bonchev–Trinajstić information content (AvgIpc) is 2.76. The van der Waals surface area contributed by atoms with Crippen LogP contribution in [0.2, 0.25) is 0 Å². The van der Waals surface area contributed by atoms with Crippen LogP contribution in [0.25, 0.3) is 0 Å². The van der Waals surface area contributed by atoms with Crippen LogP contribution in [-0.4, -0.2) is 33.7 Å². The Labute approximate surface area is 200 Å². The summed E-state index contributed by atoms with van der Waals surface area (Å²) in [6, 6.07) is 8.10. The van der Waals surface area contributed by atoms with E-state index in [2.05, 4.69) is 31.3 Å². The van der Waals surface area contributed by atoms with E-state index >= 15 is 0 Å². The molecule has 1 aromatic rings. The highest BCUT2D eigenvalue weighted by Gasteiger charge is 2.51. The Balaban J connectivity index is 1.43. The topological polar surface area (TPSA) is 66.5 Å². The number of nitrogens with one attached hydrogen (secondary N) is 1. The molecule has 0 unspecified atom stereocenters. The zero-order valence-electron chi connectivity index (χ0n) is 20.7. The van der Waals surface area contributed by atoms with Crippen LogP contribution in [0.1, 0.15) is 83.6 Å². The number of carbonyl (C=O) groups is 1. The lowest BCUT2D eigenvalue weighted by Crippen LogP contribution is -2.48. The first kappa shape index (κ1) is 24.6. The third kappa shape index (κ3) is 5.58. The molecular weight excluding hydrogens is 432 g/mol. The smallest absolute Gasteiger partial charge is 0.240 e. The number of hydrogen-bond acceptors (Lipinski definition) is 3. The second-order valence-corrected chi connectivity index (χ2v) is 13.1. The van der Waals surface area contributed by atoms with Crippen molar-refractivity contribution in [2.45, 2.75) is 83.5 Å². The summed E-state index contributed by atoms with van der Waals surface area (Å²) < 4.78 is 26.4. The number of anilines is 1. The van der Waals surface area contributed by atoms with E-state index in [1.165, 1.54) is 54.6 Å². The van der Waals surface area contributed by atoms with Gasteiger partial charge in [-0.2, -0.15) is 0 Å². The monoisotopic (exact) mass is 474 g/mol. The Morgan fingerprint density at radius 2 is 1.64 bits per heavy atom. The maximum Gasteiger partial charge on any atom is 0.240 e. The Kier molecular flexibility index (Phi) is 7.42. The van der Waals surface area contributed by atoms with E-state index in [0.29, 0.717) is 18.2 Å². The molecule has 5 rings (SSSR count). The van der Waals surface area contributed by atoms with Gasteiger partial charge in [-0.3, -0.25) is 9.10 Å². The fourth-order valence-corrected chi connectivity index (χ4v) is 8.09. The first-order valence-electron chi connectivity index (χ1n) is 13.1. The van der Waals surface area contributed by atoms with Crippen LogP contribution in [-0.2, 0) is 20.2 Å². The molecule has 4 saturated carbocycles. The third-order valence-electron chi connectivity index (χ3n) is 8.62. The average molecular weight is 475 g/mol. The van der Waals surface area contributed by atoms with Crippen LogP contribution < -0.4 is 9.62 Å². The van der Waals surface area contributed by atoms with Gasteiger partial charge < -0.3 is 5.32 Å². The number of sulfonamides is 1. The summed E-state index contributed by atoms with van der Waals surface area (Å²) >= 11 is 0. The number of rotatable bonds is 11. The van der Waals surface area contributed by atoms with Gasteiger partial charge in [-0.25, -0.2) is 8.42 Å². The van der Waals surface area contributed by atoms with Crippen LogP contribution in [0.3, 0.4) is 0 Å². The van der Waals surface area contributed by atoms with Crippen LogP contribution in [0, 0.1) is 23.7 Å². The Hall–Kier alpha value is -1.56. The third-order valence-corrected chi connectivity index (χ3v) is 9.77. The largest absolute Gasteiger partial charge is 0.354 e. The number of nitrogens with zero attached hydrogens (tertiary/aromatic N) is 1. The molecule has 4 aliphatic carbocycles. The van der Waals surface area contributed by atoms with Crippen molar-refractivity contribution in [3.63, 3.8) is 0 Å². The summed E-state index contributed by atoms with van der Waals surface area (Å²) in [6.07, 6.45) is 13.7. The van der Waals surface area contributed by atoms with E-state index in [1.807, 2.05) is 12.1 Å². The molecule has 5 nitrogen and oxygen atoms in total. The van der Waals surface area contributed by atoms with Gasteiger partial charge in [-0.1, -0.05) is 45.2 Å². The predicted molar refractivity (Wildman–Crippen MR) is 135 cm³/mol. The molecule has 1 aromatic carbocycles. The molecule has 6 heteroatoms. The maximum absolute atomic E-state index is 12.6. The zero-order valence-corrected chi connectivity index (χ0v) is 21.5. The minimum absolute atomic E-state index is 0.167. The highest BCUT2D eigenvalue weighted by atomic mass is 32.2. The van der Waals surface area contributed by atoms with Crippen molar-refractivity contribution in [3.05, 3.63) is 29.8 Å². The van der Waals surface area contributed by atoms with Gasteiger partial charge in [-0.05, 0) is 91.7 Å². The van der Waals surface area contributed by atoms with Crippen molar-refractivity contribution in [1.82, 2.24) is 5.32 Å². The molecule has 0 spiro atoms. The molecule has 0 saturated heterocycles. The fourth-order valence-electron chi connectivity index (χ4n) is 7.23. The lowest BCUT2D eigenvalue weighted by Gasteiger charge is -2.57. The normalized spacial score (nSPS) is 29.1. The van der Waals surface area contributed by atoms with Crippen molar-refractivity contribution in [2.24, 2.45) is 23.7 Å². The summed E-state index contributed by atoms with van der Waals surface area (Å²) in [5, 5.41) is 2.97. The van der Waals surface area contributed by atoms with Gasteiger partial charge in [0.05, 0.1) is 11.9 Å². The first-order valence-corrected chi connectivity index (χ1v) is 14.9. The van der Waals surface area contributed by atoms with Crippen molar-refractivity contribution < 1.29 is 13.2 Å². The summed E-state index contributed by atoms with van der Waals surface area (Å²) in [5.74, 6) is 2.82. The molecule has 4 fully saturated rings. The van der Waals surface area contributed by atoms with Gasteiger partial charge in [0.2, 0.25) is 15.9 Å². The summed E-state index contributed by atoms with van der Waals surface area (Å²) in [4.78, 5) is 12.6. The van der Waals surface area contributed by atoms with E-state index in [0.717, 1.165) is 43.4 Å². The summed E-state index contributed by atoms with van der Waals surface area (Å²) in [7, 11) is -3.56. The van der Waals surface area contributed by atoms with Crippen molar-refractivity contribution in [2.75, 3.05) is 23.7 Å². The van der Waals surface area contributed by atoms with Gasteiger partial charge >= 0.3 is 0 Å². The number of carbonyl (C=O) groups excluding carboxylic acids is 1. The van der Waals surface area contributed by atoms with E-state index in [1.54, 1.807) is 0 Å². The lowest BCUT2D eigenvalue weighted by molar-refractivity contribution is -0.119. The lowest BCUT2D eigenvalue weighted by atomic mass is 9.48. The SMILES string of the molecule is CCCC[C@H](CC)CNC(=O)CN(c1ccc(C23CC4CC(CC(C4)C2)C3)cc1)S(C)(=O)=O. The second kappa shape index (κ2) is 9.97. The van der Waals surface area contributed by atoms with Crippen LogP contribution in [0.15, 0.2) is 24.3 Å². The van der Waals surface area contributed by atoms with E-state index in [4.69, 9.17) is 0 Å².